The molecule has 1 aromatic rings. The first-order valence-corrected chi connectivity index (χ1v) is 6.82. The predicted octanol–water partition coefficient (Wildman–Crippen LogP) is 2.21. The fourth-order valence-electron chi connectivity index (χ4n) is 1.98. The number of hydrogen-bond donors (Lipinski definition) is 1. The standard InChI is InChI=1S/C15H22FNO3/c1-3-4-7-17(8-9-18)11-12-5-6-13(14(16)10-12)15(19)20-2/h5-6,10,18H,3-4,7-9,11H2,1-2H3. The summed E-state index contributed by atoms with van der Waals surface area (Å²) in [7, 11) is 1.23. The van der Waals surface area contributed by atoms with Gasteiger partial charge in [-0.15, -0.1) is 0 Å². The van der Waals surface area contributed by atoms with E-state index in [2.05, 4.69) is 16.6 Å². The lowest BCUT2D eigenvalue weighted by Crippen LogP contribution is -2.27. The summed E-state index contributed by atoms with van der Waals surface area (Å²) >= 11 is 0. The molecule has 0 aromatic heterocycles. The second-order valence-corrected chi connectivity index (χ2v) is 4.66. The molecule has 0 unspecified atom stereocenters. The van der Waals surface area contributed by atoms with Crippen LogP contribution in [0.3, 0.4) is 0 Å². The molecule has 1 aromatic carbocycles. The summed E-state index contributed by atoms with van der Waals surface area (Å²) in [4.78, 5) is 13.4. The molecule has 0 saturated heterocycles. The summed E-state index contributed by atoms with van der Waals surface area (Å²) in [6.45, 7) is 4.14. The van der Waals surface area contributed by atoms with Crippen LogP contribution in [0.5, 0.6) is 0 Å². The first kappa shape index (κ1) is 16.6. The molecule has 0 aliphatic rings. The first-order valence-electron chi connectivity index (χ1n) is 6.82. The van der Waals surface area contributed by atoms with Crippen LogP contribution in [0.15, 0.2) is 18.2 Å². The van der Waals surface area contributed by atoms with Gasteiger partial charge in [0.2, 0.25) is 0 Å². The lowest BCUT2D eigenvalue weighted by Gasteiger charge is -2.21. The lowest BCUT2D eigenvalue weighted by atomic mass is 10.1. The molecule has 0 spiro atoms. The van der Waals surface area contributed by atoms with Crippen LogP contribution in [-0.4, -0.2) is 42.8 Å². The molecule has 1 rings (SSSR count). The zero-order valence-electron chi connectivity index (χ0n) is 12.1. The van der Waals surface area contributed by atoms with Crippen molar-refractivity contribution in [3.8, 4) is 0 Å². The molecule has 0 aliphatic heterocycles. The molecule has 0 heterocycles. The Morgan fingerprint density at radius 1 is 1.40 bits per heavy atom. The monoisotopic (exact) mass is 283 g/mol. The minimum Gasteiger partial charge on any atom is -0.465 e. The highest BCUT2D eigenvalue weighted by atomic mass is 19.1. The maximum Gasteiger partial charge on any atom is 0.340 e. The Labute approximate surface area is 119 Å². The van der Waals surface area contributed by atoms with Crippen LogP contribution < -0.4 is 0 Å². The van der Waals surface area contributed by atoms with Gasteiger partial charge in [-0.25, -0.2) is 9.18 Å². The second-order valence-electron chi connectivity index (χ2n) is 4.66. The van der Waals surface area contributed by atoms with Crippen molar-refractivity contribution in [2.24, 2.45) is 0 Å². The molecule has 112 valence electrons. The number of aliphatic hydroxyl groups is 1. The van der Waals surface area contributed by atoms with E-state index in [0.717, 1.165) is 24.9 Å². The number of carbonyl (C=O) groups excluding carboxylic acids is 1. The summed E-state index contributed by atoms with van der Waals surface area (Å²) in [5.41, 5.74) is 0.721. The van der Waals surface area contributed by atoms with Crippen molar-refractivity contribution in [2.45, 2.75) is 26.3 Å². The lowest BCUT2D eigenvalue weighted by molar-refractivity contribution is 0.0595. The molecule has 0 aliphatic carbocycles. The number of methoxy groups -OCH3 is 1. The van der Waals surface area contributed by atoms with Crippen LogP contribution in [0.25, 0.3) is 0 Å². The SMILES string of the molecule is CCCCN(CCO)Cc1ccc(C(=O)OC)c(F)c1. The smallest absolute Gasteiger partial charge is 0.340 e. The van der Waals surface area contributed by atoms with Crippen molar-refractivity contribution in [1.29, 1.82) is 0 Å². The summed E-state index contributed by atoms with van der Waals surface area (Å²) < 4.78 is 18.3. The highest BCUT2D eigenvalue weighted by molar-refractivity contribution is 5.89. The minimum absolute atomic E-state index is 0.0569. The molecule has 5 heteroatoms. The molecular weight excluding hydrogens is 261 g/mol. The Balaban J connectivity index is 2.75. The van der Waals surface area contributed by atoms with Crippen LogP contribution in [0.2, 0.25) is 0 Å². The fourth-order valence-corrected chi connectivity index (χ4v) is 1.98. The minimum atomic E-state index is -0.674. The van der Waals surface area contributed by atoms with E-state index in [-0.39, 0.29) is 12.2 Å². The Morgan fingerprint density at radius 3 is 2.70 bits per heavy atom. The third-order valence-corrected chi connectivity index (χ3v) is 3.09. The Hall–Kier alpha value is -1.46. The van der Waals surface area contributed by atoms with Crippen molar-refractivity contribution >= 4 is 5.97 Å². The zero-order valence-corrected chi connectivity index (χ0v) is 12.1. The van der Waals surface area contributed by atoms with Gasteiger partial charge < -0.3 is 9.84 Å². The Morgan fingerprint density at radius 2 is 2.15 bits per heavy atom. The van der Waals surface area contributed by atoms with E-state index >= 15 is 0 Å². The Bertz CT molecular complexity index is 437. The van der Waals surface area contributed by atoms with Crippen molar-refractivity contribution < 1.29 is 19.0 Å². The summed E-state index contributed by atoms with van der Waals surface area (Å²) in [6, 6.07) is 4.50. The molecule has 0 fully saturated rings. The third kappa shape index (κ3) is 4.90. The number of benzene rings is 1. The van der Waals surface area contributed by atoms with Crippen LogP contribution in [0.1, 0.15) is 35.7 Å². The van der Waals surface area contributed by atoms with Gasteiger partial charge >= 0.3 is 5.97 Å². The predicted molar refractivity (Wildman–Crippen MR) is 75.0 cm³/mol. The molecule has 0 amide bonds. The highest BCUT2D eigenvalue weighted by Gasteiger charge is 2.13. The average molecular weight is 283 g/mol. The number of aliphatic hydroxyl groups excluding tert-OH is 1. The number of rotatable bonds is 8. The number of esters is 1. The topological polar surface area (TPSA) is 49.8 Å². The molecule has 0 atom stereocenters. The van der Waals surface area contributed by atoms with Crippen LogP contribution in [-0.2, 0) is 11.3 Å². The quantitative estimate of drug-likeness (QED) is 0.743. The molecule has 20 heavy (non-hydrogen) atoms. The van der Waals surface area contributed by atoms with Crippen LogP contribution in [0, 0.1) is 5.82 Å². The molecule has 0 bridgehead atoms. The average Bonchev–Trinajstić information content (AvgIpc) is 2.44. The van der Waals surface area contributed by atoms with Crippen molar-refractivity contribution in [1.82, 2.24) is 4.90 Å². The van der Waals surface area contributed by atoms with Gasteiger partial charge in [-0.1, -0.05) is 19.4 Å². The highest BCUT2D eigenvalue weighted by Crippen LogP contribution is 2.13. The van der Waals surface area contributed by atoms with Crippen molar-refractivity contribution in [3.63, 3.8) is 0 Å². The van der Waals surface area contributed by atoms with Crippen molar-refractivity contribution in [3.05, 3.63) is 35.1 Å². The fraction of sp³-hybridized carbons (Fsp3) is 0.533. The van der Waals surface area contributed by atoms with E-state index in [4.69, 9.17) is 5.11 Å². The summed E-state index contributed by atoms with van der Waals surface area (Å²) in [6.07, 6.45) is 2.10. The van der Waals surface area contributed by atoms with Gasteiger partial charge in [0.25, 0.3) is 0 Å². The van der Waals surface area contributed by atoms with Crippen molar-refractivity contribution in [2.75, 3.05) is 26.8 Å². The molecular formula is C15H22FNO3. The number of unbranched alkanes of at least 4 members (excludes halogenated alkanes) is 1. The number of nitrogens with zero attached hydrogens (tertiary/aromatic N) is 1. The third-order valence-electron chi connectivity index (χ3n) is 3.09. The van der Waals surface area contributed by atoms with E-state index in [0.29, 0.717) is 13.1 Å². The first-order chi connectivity index (χ1) is 9.62. The van der Waals surface area contributed by atoms with Crippen LogP contribution in [0.4, 0.5) is 4.39 Å². The van der Waals surface area contributed by atoms with Gasteiger partial charge in [-0.05, 0) is 30.7 Å². The van der Waals surface area contributed by atoms with E-state index in [9.17, 15) is 9.18 Å². The van der Waals surface area contributed by atoms with Gasteiger partial charge in [0.1, 0.15) is 5.82 Å². The van der Waals surface area contributed by atoms with E-state index in [1.54, 1.807) is 6.07 Å². The van der Waals surface area contributed by atoms with Gasteiger partial charge in [0.05, 0.1) is 19.3 Å². The maximum absolute atomic E-state index is 13.8. The second kappa shape index (κ2) is 8.66. The molecule has 0 radical (unpaired) electrons. The number of carbonyl (C=O) groups is 1. The zero-order chi connectivity index (χ0) is 15.0. The maximum atomic E-state index is 13.8. The van der Waals surface area contributed by atoms with E-state index < -0.39 is 11.8 Å². The van der Waals surface area contributed by atoms with Crippen LogP contribution >= 0.6 is 0 Å². The van der Waals surface area contributed by atoms with Gasteiger partial charge in [0, 0.05) is 13.1 Å². The number of halogens is 1. The van der Waals surface area contributed by atoms with Gasteiger partial charge in [0.15, 0.2) is 0 Å². The molecule has 0 saturated carbocycles. The summed E-state index contributed by atoms with van der Waals surface area (Å²) in [5.74, 6) is -1.25. The largest absolute Gasteiger partial charge is 0.465 e. The van der Waals surface area contributed by atoms with E-state index in [1.165, 1.54) is 19.2 Å². The normalized spacial score (nSPS) is 10.8. The molecule has 1 N–H and O–H groups in total. The summed E-state index contributed by atoms with van der Waals surface area (Å²) in [5, 5.41) is 9.04. The molecule has 4 nitrogen and oxygen atoms in total. The number of hydrogen-bond acceptors (Lipinski definition) is 4. The number of ether oxygens (including phenoxy) is 1. The van der Waals surface area contributed by atoms with Gasteiger partial charge in [-0.2, -0.15) is 0 Å². The van der Waals surface area contributed by atoms with E-state index in [1.807, 2.05) is 0 Å². The Kier molecular flexibility index (Phi) is 7.18. The van der Waals surface area contributed by atoms with Gasteiger partial charge in [-0.3, -0.25) is 4.90 Å².